The molecule has 0 saturated carbocycles. The molecule has 0 aliphatic carbocycles. The van der Waals surface area contributed by atoms with Crippen molar-refractivity contribution in [3.8, 4) is 5.75 Å². The maximum absolute atomic E-state index is 13.7. The van der Waals surface area contributed by atoms with Crippen molar-refractivity contribution in [2.24, 2.45) is 38.7 Å². The van der Waals surface area contributed by atoms with E-state index in [1.807, 2.05) is 0 Å². The molecule has 0 fully saturated rings. The van der Waals surface area contributed by atoms with Crippen molar-refractivity contribution in [2.75, 3.05) is 13.1 Å². The molecule has 1 aromatic rings. The topological polar surface area (TPSA) is 309 Å². The second kappa shape index (κ2) is 17.6. The lowest BCUT2D eigenvalue weighted by atomic mass is 10.1. The molecular weight excluding hydrogens is 569 g/mol. The van der Waals surface area contributed by atoms with Crippen LogP contribution in [0.4, 0.5) is 4.39 Å². The van der Waals surface area contributed by atoms with Crippen LogP contribution >= 0.6 is 0 Å². The van der Waals surface area contributed by atoms with Crippen molar-refractivity contribution in [1.29, 1.82) is 0 Å². The molecule has 0 heterocycles. The molecule has 0 aromatic heterocycles. The van der Waals surface area contributed by atoms with E-state index in [2.05, 4.69) is 31.3 Å². The largest absolute Gasteiger partial charge is 0.507 e. The SMILES string of the molecule is C[C@H](NC(=O)[C@H](C)NC(=O)[C@H](CCCN=C(N)N)NC(=O)[C@H](CCCN=C(N)N)NC(=O)c1cc(F)ccc1O)C(N)=O. The summed E-state index contributed by atoms with van der Waals surface area (Å²) < 4.78 is 13.7. The van der Waals surface area contributed by atoms with E-state index in [1.165, 1.54) is 13.8 Å². The number of primary amides is 1. The van der Waals surface area contributed by atoms with Crippen LogP contribution in [-0.4, -0.2) is 83.8 Å². The number of nitrogens with zero attached hydrogens (tertiary/aromatic N) is 2. The fourth-order valence-electron chi connectivity index (χ4n) is 3.53. The zero-order chi connectivity index (χ0) is 32.7. The van der Waals surface area contributed by atoms with Crippen LogP contribution in [0.3, 0.4) is 0 Å². The number of halogens is 1. The highest BCUT2D eigenvalue weighted by Crippen LogP contribution is 2.18. The number of nitrogens with one attached hydrogen (secondary N) is 4. The lowest BCUT2D eigenvalue weighted by Gasteiger charge is -2.25. The second-order valence-corrected chi connectivity index (χ2v) is 9.51. The van der Waals surface area contributed by atoms with Crippen molar-refractivity contribution >= 4 is 41.5 Å². The number of rotatable bonds is 17. The summed E-state index contributed by atoms with van der Waals surface area (Å²) in [4.78, 5) is 70.7. The number of hydrogen-bond acceptors (Lipinski definition) is 8. The van der Waals surface area contributed by atoms with Crippen molar-refractivity contribution in [1.82, 2.24) is 21.3 Å². The van der Waals surface area contributed by atoms with Gasteiger partial charge in [-0.05, 0) is 57.7 Å². The molecular formula is C25H40FN11O6. The van der Waals surface area contributed by atoms with Crippen molar-refractivity contribution in [2.45, 2.75) is 63.7 Å². The summed E-state index contributed by atoms with van der Waals surface area (Å²) in [5.74, 6) is -5.69. The number of amides is 5. The van der Waals surface area contributed by atoms with Crippen LogP contribution in [0.1, 0.15) is 49.9 Å². The Bertz CT molecular complexity index is 1220. The zero-order valence-corrected chi connectivity index (χ0v) is 23.9. The van der Waals surface area contributed by atoms with Gasteiger partial charge >= 0.3 is 0 Å². The first-order chi connectivity index (χ1) is 20.1. The maximum Gasteiger partial charge on any atom is 0.255 e. The number of nitrogens with two attached hydrogens (primary N) is 5. The normalized spacial score (nSPS) is 13.3. The van der Waals surface area contributed by atoms with Crippen LogP contribution < -0.4 is 49.9 Å². The Hall–Kier alpha value is -5.16. The molecule has 5 amide bonds. The summed E-state index contributed by atoms with van der Waals surface area (Å²) in [5, 5.41) is 19.8. The number of hydrogen-bond donors (Lipinski definition) is 10. The van der Waals surface area contributed by atoms with E-state index in [0.717, 1.165) is 18.2 Å². The molecule has 0 spiro atoms. The highest BCUT2D eigenvalue weighted by Gasteiger charge is 2.29. The maximum atomic E-state index is 13.7. The van der Waals surface area contributed by atoms with Gasteiger partial charge in [0.05, 0.1) is 5.56 Å². The lowest BCUT2D eigenvalue weighted by molar-refractivity contribution is -0.133. The van der Waals surface area contributed by atoms with Gasteiger partial charge in [-0.3, -0.25) is 34.0 Å². The zero-order valence-electron chi connectivity index (χ0n) is 23.9. The van der Waals surface area contributed by atoms with Gasteiger partial charge in [-0.1, -0.05) is 0 Å². The molecule has 0 saturated heterocycles. The first kappa shape index (κ1) is 35.9. The predicted molar refractivity (Wildman–Crippen MR) is 155 cm³/mol. The summed E-state index contributed by atoms with van der Waals surface area (Å²) in [6, 6.07) is -1.91. The monoisotopic (exact) mass is 609 g/mol. The number of aliphatic imine (C=N–C) groups is 2. The van der Waals surface area contributed by atoms with E-state index < -0.39 is 70.8 Å². The summed E-state index contributed by atoms with van der Waals surface area (Å²) in [5.41, 5.74) is 26.1. The van der Waals surface area contributed by atoms with Gasteiger partial charge < -0.3 is 55.0 Å². The Morgan fingerprint density at radius 3 is 1.77 bits per heavy atom. The highest BCUT2D eigenvalue weighted by atomic mass is 19.1. The fraction of sp³-hybridized carbons (Fsp3) is 0.480. The molecule has 0 unspecified atom stereocenters. The van der Waals surface area contributed by atoms with E-state index >= 15 is 0 Å². The third-order valence-electron chi connectivity index (χ3n) is 5.89. The molecule has 0 radical (unpaired) electrons. The first-order valence-corrected chi connectivity index (χ1v) is 13.2. The van der Waals surface area contributed by atoms with Gasteiger partial charge in [0.25, 0.3) is 5.91 Å². The van der Waals surface area contributed by atoms with Crippen LogP contribution in [0.5, 0.6) is 5.75 Å². The van der Waals surface area contributed by atoms with Gasteiger partial charge in [0.15, 0.2) is 11.9 Å². The minimum atomic E-state index is -1.28. The second-order valence-electron chi connectivity index (χ2n) is 9.51. The van der Waals surface area contributed by atoms with Crippen LogP contribution in [0.25, 0.3) is 0 Å². The van der Waals surface area contributed by atoms with Crippen LogP contribution in [0.2, 0.25) is 0 Å². The number of benzene rings is 1. The number of phenols is 1. The minimum Gasteiger partial charge on any atom is -0.507 e. The average Bonchev–Trinajstić information content (AvgIpc) is 2.92. The van der Waals surface area contributed by atoms with E-state index in [1.54, 1.807) is 0 Å². The minimum absolute atomic E-state index is 0.0136. The standard InChI is InChI=1S/C25H40FN11O6/c1-12(19(27)39)34-20(40)13(2)35-22(42)16(5-3-9-32-24(28)29)37-23(43)17(6-4-10-33-25(30)31)36-21(41)15-11-14(26)7-8-18(15)38/h7-8,11-13,16-17,38H,3-6,9-10H2,1-2H3,(H2,27,39)(H,34,40)(H,35,42)(H,36,41)(H,37,43)(H4,28,29,32)(H4,30,31,33)/t12-,13-,16-,17-/m0/s1. The van der Waals surface area contributed by atoms with Crippen LogP contribution in [-0.2, 0) is 19.2 Å². The summed E-state index contributed by atoms with van der Waals surface area (Å²) in [6.07, 6.45) is 0.437. The molecule has 0 bridgehead atoms. The van der Waals surface area contributed by atoms with Crippen molar-refractivity contribution < 1.29 is 33.5 Å². The van der Waals surface area contributed by atoms with E-state index in [9.17, 15) is 33.5 Å². The Kier molecular flexibility index (Phi) is 14.7. The number of carbonyl (C=O) groups excluding carboxylic acids is 5. The molecule has 4 atom stereocenters. The van der Waals surface area contributed by atoms with Gasteiger partial charge in [0.1, 0.15) is 35.7 Å². The molecule has 0 aliphatic rings. The van der Waals surface area contributed by atoms with E-state index in [0.29, 0.717) is 0 Å². The van der Waals surface area contributed by atoms with E-state index in [4.69, 9.17) is 28.7 Å². The van der Waals surface area contributed by atoms with Crippen molar-refractivity contribution in [3.05, 3.63) is 29.6 Å². The molecule has 18 heteroatoms. The molecule has 0 aliphatic heterocycles. The van der Waals surface area contributed by atoms with Crippen LogP contribution in [0, 0.1) is 5.82 Å². The quantitative estimate of drug-likeness (QED) is 0.0477. The average molecular weight is 610 g/mol. The Balaban J connectivity index is 3.16. The number of phenolic OH excluding ortho intramolecular Hbond substituents is 1. The highest BCUT2D eigenvalue weighted by molar-refractivity contribution is 6.00. The van der Waals surface area contributed by atoms with Crippen molar-refractivity contribution in [3.63, 3.8) is 0 Å². The molecule has 238 valence electrons. The summed E-state index contributed by atoms with van der Waals surface area (Å²) >= 11 is 0. The smallest absolute Gasteiger partial charge is 0.255 e. The van der Waals surface area contributed by atoms with Gasteiger partial charge in [-0.25, -0.2) is 4.39 Å². The third-order valence-corrected chi connectivity index (χ3v) is 5.89. The van der Waals surface area contributed by atoms with E-state index in [-0.39, 0.29) is 50.7 Å². The number of guanidine groups is 2. The Morgan fingerprint density at radius 2 is 1.26 bits per heavy atom. The van der Waals surface area contributed by atoms with Crippen LogP contribution in [0.15, 0.2) is 28.2 Å². The van der Waals surface area contributed by atoms with Gasteiger partial charge in [0, 0.05) is 13.1 Å². The van der Waals surface area contributed by atoms with Gasteiger partial charge in [-0.15, -0.1) is 0 Å². The molecule has 15 N–H and O–H groups in total. The van der Waals surface area contributed by atoms with Gasteiger partial charge in [0.2, 0.25) is 23.6 Å². The first-order valence-electron chi connectivity index (χ1n) is 13.2. The third kappa shape index (κ3) is 13.4. The Morgan fingerprint density at radius 1 is 0.767 bits per heavy atom. The summed E-state index contributed by atoms with van der Waals surface area (Å²) in [7, 11) is 0. The molecule has 1 rings (SSSR count). The lowest BCUT2D eigenvalue weighted by Crippen LogP contribution is -2.57. The predicted octanol–water partition coefficient (Wildman–Crippen LogP) is -3.28. The molecule has 1 aromatic carbocycles. The molecule has 43 heavy (non-hydrogen) atoms. The summed E-state index contributed by atoms with van der Waals surface area (Å²) in [6.45, 7) is 2.95. The Labute approximate surface area is 247 Å². The molecule has 17 nitrogen and oxygen atoms in total. The number of carbonyl (C=O) groups is 5. The number of aromatic hydroxyl groups is 1. The van der Waals surface area contributed by atoms with Gasteiger partial charge in [-0.2, -0.15) is 0 Å². The fourth-order valence-corrected chi connectivity index (χ4v) is 3.53.